The second-order valence-corrected chi connectivity index (χ2v) is 7.58. The average Bonchev–Trinajstić information content (AvgIpc) is 2.57. The smallest absolute Gasteiger partial charge is 0.255 e. The molecular formula is C18H21FN2O3S. The molecule has 0 spiro atoms. The summed E-state index contributed by atoms with van der Waals surface area (Å²) in [6, 6.07) is 9.56. The molecule has 2 aromatic carbocycles. The average molecular weight is 364 g/mol. The van der Waals surface area contributed by atoms with Crippen molar-refractivity contribution in [2.45, 2.75) is 38.1 Å². The van der Waals surface area contributed by atoms with Crippen molar-refractivity contribution in [3.05, 3.63) is 59.4 Å². The Morgan fingerprint density at radius 1 is 1.16 bits per heavy atom. The van der Waals surface area contributed by atoms with Gasteiger partial charge in [-0.2, -0.15) is 0 Å². The topological polar surface area (TPSA) is 75.3 Å². The summed E-state index contributed by atoms with van der Waals surface area (Å²) in [5.74, 6) is -0.771. The number of sulfonamides is 1. The zero-order valence-corrected chi connectivity index (χ0v) is 15.2. The van der Waals surface area contributed by atoms with E-state index in [4.69, 9.17) is 0 Å². The molecule has 0 aromatic heterocycles. The highest BCUT2D eigenvalue weighted by molar-refractivity contribution is 7.89. The molecule has 2 aromatic rings. The van der Waals surface area contributed by atoms with Crippen molar-refractivity contribution >= 4 is 21.6 Å². The Hall–Kier alpha value is -2.25. The summed E-state index contributed by atoms with van der Waals surface area (Å²) in [5, 5.41) is 2.68. The van der Waals surface area contributed by atoms with Crippen LogP contribution in [0.25, 0.3) is 0 Å². The molecule has 0 radical (unpaired) electrons. The fourth-order valence-electron chi connectivity index (χ4n) is 2.16. The van der Waals surface area contributed by atoms with Gasteiger partial charge in [-0.25, -0.2) is 17.5 Å². The van der Waals surface area contributed by atoms with Crippen LogP contribution in [0.5, 0.6) is 0 Å². The fourth-order valence-corrected chi connectivity index (χ4v) is 3.49. The van der Waals surface area contributed by atoms with Gasteiger partial charge in [0.05, 0.1) is 4.90 Å². The molecule has 1 atom stereocenters. The first-order valence-electron chi connectivity index (χ1n) is 7.93. The van der Waals surface area contributed by atoms with Crippen LogP contribution in [0.15, 0.2) is 47.4 Å². The van der Waals surface area contributed by atoms with Crippen molar-refractivity contribution < 1.29 is 17.6 Å². The molecule has 134 valence electrons. The van der Waals surface area contributed by atoms with E-state index in [1.54, 1.807) is 13.8 Å². The van der Waals surface area contributed by atoms with Crippen molar-refractivity contribution in [3.63, 3.8) is 0 Å². The number of carbonyl (C=O) groups is 1. The van der Waals surface area contributed by atoms with Gasteiger partial charge in [-0.3, -0.25) is 4.79 Å². The summed E-state index contributed by atoms with van der Waals surface area (Å²) in [6.45, 7) is 5.36. The second kappa shape index (κ2) is 7.76. The summed E-state index contributed by atoms with van der Waals surface area (Å²) >= 11 is 0. The largest absolute Gasteiger partial charge is 0.322 e. The lowest BCUT2D eigenvalue weighted by molar-refractivity contribution is 0.102. The molecule has 0 aliphatic heterocycles. The predicted octanol–water partition coefficient (Wildman–Crippen LogP) is 3.46. The quantitative estimate of drug-likeness (QED) is 0.824. The molecule has 0 aliphatic rings. The number of hydrogen-bond donors (Lipinski definition) is 2. The van der Waals surface area contributed by atoms with Crippen LogP contribution in [0.1, 0.15) is 36.2 Å². The number of halogens is 1. The number of amides is 1. The minimum absolute atomic E-state index is 0.0994. The molecule has 25 heavy (non-hydrogen) atoms. The summed E-state index contributed by atoms with van der Waals surface area (Å²) in [7, 11) is -3.61. The summed E-state index contributed by atoms with van der Waals surface area (Å²) in [4.78, 5) is 12.4. The minimum atomic E-state index is -3.61. The molecule has 1 amide bonds. The van der Waals surface area contributed by atoms with Crippen LogP contribution in [0.4, 0.5) is 10.1 Å². The van der Waals surface area contributed by atoms with E-state index in [-0.39, 0.29) is 16.8 Å². The highest BCUT2D eigenvalue weighted by Gasteiger charge is 2.17. The maximum Gasteiger partial charge on any atom is 0.255 e. The Kier molecular flexibility index (Phi) is 5.92. The van der Waals surface area contributed by atoms with Crippen molar-refractivity contribution in [2.24, 2.45) is 0 Å². The number of anilines is 1. The highest BCUT2D eigenvalue weighted by atomic mass is 32.2. The Morgan fingerprint density at radius 2 is 1.80 bits per heavy atom. The Bertz CT molecular complexity index is 864. The van der Waals surface area contributed by atoms with E-state index < -0.39 is 15.9 Å². The van der Waals surface area contributed by atoms with Gasteiger partial charge in [-0.15, -0.1) is 0 Å². The molecule has 0 saturated carbocycles. The molecular weight excluding hydrogens is 343 g/mol. The van der Waals surface area contributed by atoms with E-state index in [2.05, 4.69) is 10.0 Å². The van der Waals surface area contributed by atoms with Gasteiger partial charge in [0.2, 0.25) is 10.0 Å². The highest BCUT2D eigenvalue weighted by Crippen LogP contribution is 2.18. The van der Waals surface area contributed by atoms with Crippen LogP contribution in [-0.2, 0) is 10.0 Å². The van der Waals surface area contributed by atoms with Crippen LogP contribution in [0, 0.1) is 12.7 Å². The van der Waals surface area contributed by atoms with E-state index in [1.165, 1.54) is 42.5 Å². The Labute approximate surface area is 147 Å². The van der Waals surface area contributed by atoms with Crippen LogP contribution in [0.3, 0.4) is 0 Å². The van der Waals surface area contributed by atoms with E-state index in [9.17, 15) is 17.6 Å². The molecule has 7 heteroatoms. The fraction of sp³-hybridized carbons (Fsp3) is 0.278. The molecule has 0 bridgehead atoms. The molecule has 2 N–H and O–H groups in total. The molecule has 0 aliphatic carbocycles. The third-order valence-electron chi connectivity index (χ3n) is 3.83. The van der Waals surface area contributed by atoms with Gasteiger partial charge < -0.3 is 5.32 Å². The minimum Gasteiger partial charge on any atom is -0.322 e. The van der Waals surface area contributed by atoms with Gasteiger partial charge in [-0.05, 0) is 68.3 Å². The first-order chi connectivity index (χ1) is 11.7. The summed E-state index contributed by atoms with van der Waals surface area (Å²) in [6.07, 6.45) is 0.677. The standard InChI is InChI=1S/C18H21FN2O3S/c1-4-13(3)21-25(23,24)16-8-5-14(6-9-16)18(22)20-17-10-7-15(19)11-12(17)2/h5-11,13,21H,4H2,1-3H3,(H,20,22)/t13-/m1/s1. The van der Waals surface area contributed by atoms with Crippen LogP contribution >= 0.6 is 0 Å². The molecule has 0 unspecified atom stereocenters. The summed E-state index contributed by atoms with van der Waals surface area (Å²) in [5.41, 5.74) is 1.41. The second-order valence-electron chi connectivity index (χ2n) is 5.87. The maximum absolute atomic E-state index is 13.1. The van der Waals surface area contributed by atoms with Crippen molar-refractivity contribution in [3.8, 4) is 0 Å². The lowest BCUT2D eigenvalue weighted by Gasteiger charge is -2.12. The first kappa shape index (κ1) is 19.1. The van der Waals surface area contributed by atoms with Gasteiger partial charge in [0.15, 0.2) is 0 Å². The molecule has 0 fully saturated rings. The number of rotatable bonds is 6. The van der Waals surface area contributed by atoms with E-state index in [1.807, 2.05) is 6.92 Å². The van der Waals surface area contributed by atoms with Crippen molar-refractivity contribution in [2.75, 3.05) is 5.32 Å². The van der Waals surface area contributed by atoms with Crippen LogP contribution < -0.4 is 10.0 Å². The summed E-state index contributed by atoms with van der Waals surface area (Å²) < 4.78 is 40.1. The lowest BCUT2D eigenvalue weighted by Crippen LogP contribution is -2.32. The number of nitrogens with one attached hydrogen (secondary N) is 2. The number of hydrogen-bond acceptors (Lipinski definition) is 3. The van der Waals surface area contributed by atoms with Gasteiger partial charge in [0, 0.05) is 17.3 Å². The van der Waals surface area contributed by atoms with Crippen molar-refractivity contribution in [1.29, 1.82) is 0 Å². The molecule has 0 heterocycles. The SMILES string of the molecule is CC[C@@H](C)NS(=O)(=O)c1ccc(C(=O)Nc2ccc(F)cc2C)cc1. The van der Waals surface area contributed by atoms with E-state index in [0.717, 1.165) is 0 Å². The third kappa shape index (κ3) is 4.87. The lowest BCUT2D eigenvalue weighted by atomic mass is 10.1. The first-order valence-corrected chi connectivity index (χ1v) is 9.41. The number of carbonyl (C=O) groups excluding carboxylic acids is 1. The Morgan fingerprint density at radius 3 is 2.36 bits per heavy atom. The monoisotopic (exact) mass is 364 g/mol. The Balaban J connectivity index is 2.15. The zero-order valence-electron chi connectivity index (χ0n) is 14.3. The van der Waals surface area contributed by atoms with Gasteiger partial charge in [0.25, 0.3) is 5.91 Å². The van der Waals surface area contributed by atoms with Crippen LogP contribution in [0.2, 0.25) is 0 Å². The van der Waals surface area contributed by atoms with Crippen LogP contribution in [-0.4, -0.2) is 20.4 Å². The molecule has 2 rings (SSSR count). The van der Waals surface area contributed by atoms with Gasteiger partial charge in [-0.1, -0.05) is 6.92 Å². The van der Waals surface area contributed by atoms with E-state index in [0.29, 0.717) is 23.2 Å². The molecule has 0 saturated heterocycles. The van der Waals surface area contributed by atoms with Gasteiger partial charge in [0.1, 0.15) is 5.82 Å². The van der Waals surface area contributed by atoms with Gasteiger partial charge >= 0.3 is 0 Å². The predicted molar refractivity (Wildman–Crippen MR) is 95.6 cm³/mol. The number of benzene rings is 2. The van der Waals surface area contributed by atoms with Crippen molar-refractivity contribution in [1.82, 2.24) is 4.72 Å². The third-order valence-corrected chi connectivity index (χ3v) is 5.44. The normalized spacial score (nSPS) is 12.6. The number of aryl methyl sites for hydroxylation is 1. The van der Waals surface area contributed by atoms with E-state index >= 15 is 0 Å². The zero-order chi connectivity index (χ0) is 18.6. The maximum atomic E-state index is 13.1. The molecule has 5 nitrogen and oxygen atoms in total.